The summed E-state index contributed by atoms with van der Waals surface area (Å²) in [6.07, 6.45) is 6.00. The molecular formula is C9H17N3S. The van der Waals surface area contributed by atoms with Crippen LogP contribution < -0.4 is 5.32 Å². The van der Waals surface area contributed by atoms with Crippen molar-refractivity contribution in [3.05, 3.63) is 18.2 Å². The summed E-state index contributed by atoms with van der Waals surface area (Å²) < 4.78 is 2.16. The van der Waals surface area contributed by atoms with E-state index in [2.05, 4.69) is 28.0 Å². The maximum atomic E-state index is 4.28. The molecule has 1 N–H and O–H groups in total. The molecule has 4 heteroatoms. The van der Waals surface area contributed by atoms with Gasteiger partial charge in [0.25, 0.3) is 0 Å². The SMILES string of the molecule is CCn1ccnc1CNCCSC. The lowest BCUT2D eigenvalue weighted by atomic mass is 10.5. The Kier molecular flexibility index (Phi) is 4.93. The highest BCUT2D eigenvalue weighted by atomic mass is 32.2. The molecule has 0 spiro atoms. The fourth-order valence-corrected chi connectivity index (χ4v) is 1.52. The van der Waals surface area contributed by atoms with Crippen molar-refractivity contribution in [1.29, 1.82) is 0 Å². The van der Waals surface area contributed by atoms with Gasteiger partial charge in [-0.15, -0.1) is 0 Å². The van der Waals surface area contributed by atoms with Gasteiger partial charge in [-0.25, -0.2) is 4.98 Å². The first-order valence-corrected chi connectivity index (χ1v) is 5.97. The molecule has 0 aromatic carbocycles. The third-order valence-corrected chi connectivity index (χ3v) is 2.52. The van der Waals surface area contributed by atoms with Gasteiger partial charge in [0.05, 0.1) is 6.54 Å². The fourth-order valence-electron chi connectivity index (χ4n) is 1.17. The Balaban J connectivity index is 2.27. The molecule has 0 saturated heterocycles. The summed E-state index contributed by atoms with van der Waals surface area (Å²) in [5.74, 6) is 2.29. The second kappa shape index (κ2) is 6.05. The van der Waals surface area contributed by atoms with Crippen LogP contribution in [0.25, 0.3) is 0 Å². The standard InChI is InChI=1S/C9H17N3S/c1-3-12-6-4-11-9(12)8-10-5-7-13-2/h4,6,10H,3,5,7-8H2,1-2H3. The van der Waals surface area contributed by atoms with E-state index in [0.29, 0.717) is 0 Å². The highest BCUT2D eigenvalue weighted by molar-refractivity contribution is 7.98. The van der Waals surface area contributed by atoms with Crippen molar-refractivity contribution in [1.82, 2.24) is 14.9 Å². The number of rotatable bonds is 6. The number of thioether (sulfide) groups is 1. The molecule has 0 saturated carbocycles. The second-order valence-electron chi connectivity index (χ2n) is 2.80. The van der Waals surface area contributed by atoms with Crippen molar-refractivity contribution in [3.63, 3.8) is 0 Å². The van der Waals surface area contributed by atoms with Gasteiger partial charge in [-0.1, -0.05) is 0 Å². The Morgan fingerprint density at radius 3 is 3.15 bits per heavy atom. The summed E-state index contributed by atoms with van der Waals surface area (Å²) in [6, 6.07) is 0. The first-order chi connectivity index (χ1) is 6.38. The zero-order valence-corrected chi connectivity index (χ0v) is 9.10. The quantitative estimate of drug-likeness (QED) is 0.702. The summed E-state index contributed by atoms with van der Waals surface area (Å²) in [4.78, 5) is 4.28. The summed E-state index contributed by atoms with van der Waals surface area (Å²) in [5.41, 5.74) is 0. The van der Waals surface area contributed by atoms with E-state index >= 15 is 0 Å². The van der Waals surface area contributed by atoms with E-state index in [1.165, 1.54) is 0 Å². The minimum Gasteiger partial charge on any atom is -0.334 e. The number of nitrogens with zero attached hydrogens (tertiary/aromatic N) is 2. The van der Waals surface area contributed by atoms with Crippen LogP contribution in [0.1, 0.15) is 12.7 Å². The van der Waals surface area contributed by atoms with Gasteiger partial charge in [0, 0.05) is 31.2 Å². The van der Waals surface area contributed by atoms with E-state index in [1.54, 1.807) is 0 Å². The lowest BCUT2D eigenvalue weighted by Crippen LogP contribution is -2.19. The average Bonchev–Trinajstić information content (AvgIpc) is 2.60. The molecule has 0 bridgehead atoms. The van der Waals surface area contributed by atoms with Crippen molar-refractivity contribution in [3.8, 4) is 0 Å². The highest BCUT2D eigenvalue weighted by Crippen LogP contribution is 1.96. The minimum atomic E-state index is 0.876. The molecule has 0 unspecified atom stereocenters. The van der Waals surface area contributed by atoms with Crippen LogP contribution in [-0.2, 0) is 13.1 Å². The number of nitrogens with one attached hydrogen (secondary N) is 1. The zero-order valence-electron chi connectivity index (χ0n) is 8.29. The Labute approximate surface area is 83.9 Å². The van der Waals surface area contributed by atoms with E-state index in [1.807, 2.05) is 24.2 Å². The van der Waals surface area contributed by atoms with E-state index in [-0.39, 0.29) is 0 Å². The molecule has 1 rings (SSSR count). The molecule has 0 fully saturated rings. The summed E-state index contributed by atoms with van der Waals surface area (Å²) in [6.45, 7) is 5.06. The molecule has 0 aliphatic rings. The smallest absolute Gasteiger partial charge is 0.122 e. The summed E-state index contributed by atoms with van der Waals surface area (Å²) in [7, 11) is 0. The topological polar surface area (TPSA) is 29.9 Å². The number of hydrogen-bond acceptors (Lipinski definition) is 3. The third-order valence-electron chi connectivity index (χ3n) is 1.91. The fraction of sp³-hybridized carbons (Fsp3) is 0.667. The molecule has 3 nitrogen and oxygen atoms in total. The predicted molar refractivity (Wildman–Crippen MR) is 58.0 cm³/mol. The van der Waals surface area contributed by atoms with Crippen LogP contribution in [-0.4, -0.2) is 28.1 Å². The molecule has 0 radical (unpaired) electrons. The van der Waals surface area contributed by atoms with Crippen LogP contribution in [0.2, 0.25) is 0 Å². The van der Waals surface area contributed by atoms with Crippen LogP contribution in [0.5, 0.6) is 0 Å². The number of imidazole rings is 1. The predicted octanol–water partition coefficient (Wildman–Crippen LogP) is 1.36. The van der Waals surface area contributed by atoms with Gasteiger partial charge in [0.2, 0.25) is 0 Å². The molecule has 1 aromatic rings. The first kappa shape index (κ1) is 10.6. The van der Waals surface area contributed by atoms with Crippen molar-refractivity contribution in [2.45, 2.75) is 20.0 Å². The maximum absolute atomic E-state index is 4.28. The largest absolute Gasteiger partial charge is 0.334 e. The Hall–Kier alpha value is -0.480. The van der Waals surface area contributed by atoms with Crippen LogP contribution in [0.4, 0.5) is 0 Å². The van der Waals surface area contributed by atoms with Crippen LogP contribution in [0, 0.1) is 0 Å². The lowest BCUT2D eigenvalue weighted by molar-refractivity contribution is 0.631. The Bertz CT molecular complexity index is 235. The van der Waals surface area contributed by atoms with Gasteiger partial charge in [0.1, 0.15) is 5.82 Å². The molecule has 0 atom stereocenters. The van der Waals surface area contributed by atoms with Crippen LogP contribution in [0.3, 0.4) is 0 Å². The summed E-state index contributed by atoms with van der Waals surface area (Å²) >= 11 is 1.86. The zero-order chi connectivity index (χ0) is 9.52. The third kappa shape index (κ3) is 3.40. The van der Waals surface area contributed by atoms with Crippen LogP contribution in [0.15, 0.2) is 12.4 Å². The number of hydrogen-bond donors (Lipinski definition) is 1. The lowest BCUT2D eigenvalue weighted by Gasteiger charge is -2.05. The molecule has 74 valence electrons. The molecule has 0 aliphatic heterocycles. The summed E-state index contributed by atoms with van der Waals surface area (Å²) in [5, 5.41) is 3.36. The first-order valence-electron chi connectivity index (χ1n) is 4.58. The number of aromatic nitrogens is 2. The Morgan fingerprint density at radius 1 is 1.62 bits per heavy atom. The maximum Gasteiger partial charge on any atom is 0.122 e. The normalized spacial score (nSPS) is 10.6. The molecule has 0 aliphatic carbocycles. The van der Waals surface area contributed by atoms with Gasteiger partial charge in [-0.2, -0.15) is 11.8 Å². The molecule has 0 amide bonds. The van der Waals surface area contributed by atoms with E-state index in [4.69, 9.17) is 0 Å². The van der Waals surface area contributed by atoms with Gasteiger partial charge < -0.3 is 9.88 Å². The molecule has 13 heavy (non-hydrogen) atoms. The molecular weight excluding hydrogens is 182 g/mol. The highest BCUT2D eigenvalue weighted by Gasteiger charge is 1.98. The Morgan fingerprint density at radius 2 is 2.46 bits per heavy atom. The monoisotopic (exact) mass is 199 g/mol. The van der Waals surface area contributed by atoms with Gasteiger partial charge in [0.15, 0.2) is 0 Å². The van der Waals surface area contributed by atoms with Crippen molar-refractivity contribution in [2.75, 3.05) is 18.6 Å². The molecule has 1 heterocycles. The van der Waals surface area contributed by atoms with Crippen molar-refractivity contribution >= 4 is 11.8 Å². The van der Waals surface area contributed by atoms with Gasteiger partial charge in [-0.05, 0) is 13.2 Å². The van der Waals surface area contributed by atoms with Gasteiger partial charge >= 0.3 is 0 Å². The van der Waals surface area contributed by atoms with Crippen LogP contribution >= 0.6 is 11.8 Å². The van der Waals surface area contributed by atoms with E-state index in [9.17, 15) is 0 Å². The van der Waals surface area contributed by atoms with Gasteiger partial charge in [-0.3, -0.25) is 0 Å². The van der Waals surface area contributed by atoms with Crippen molar-refractivity contribution in [2.24, 2.45) is 0 Å². The number of aryl methyl sites for hydroxylation is 1. The van der Waals surface area contributed by atoms with E-state index in [0.717, 1.165) is 31.2 Å². The van der Waals surface area contributed by atoms with E-state index < -0.39 is 0 Å². The molecule has 1 aromatic heterocycles. The second-order valence-corrected chi connectivity index (χ2v) is 3.78. The van der Waals surface area contributed by atoms with Crippen molar-refractivity contribution < 1.29 is 0 Å². The average molecular weight is 199 g/mol. The minimum absolute atomic E-state index is 0.876.